The monoisotopic (exact) mass is 406 g/mol. The van der Waals surface area contributed by atoms with Crippen LogP contribution in [0.4, 0.5) is 5.69 Å². The summed E-state index contributed by atoms with van der Waals surface area (Å²) >= 11 is 1.69. The van der Waals surface area contributed by atoms with Gasteiger partial charge in [-0.05, 0) is 67.9 Å². The van der Waals surface area contributed by atoms with E-state index in [1.807, 2.05) is 24.3 Å². The lowest BCUT2D eigenvalue weighted by Crippen LogP contribution is -2.20. The fourth-order valence-corrected chi connectivity index (χ4v) is 3.61. The van der Waals surface area contributed by atoms with Crippen molar-refractivity contribution >= 4 is 29.3 Å². The molecular formula is C23H22N2O3S. The summed E-state index contributed by atoms with van der Waals surface area (Å²) in [7, 11) is 0. The van der Waals surface area contributed by atoms with E-state index in [0.29, 0.717) is 17.0 Å². The van der Waals surface area contributed by atoms with Crippen molar-refractivity contribution in [3.63, 3.8) is 0 Å². The van der Waals surface area contributed by atoms with Crippen molar-refractivity contribution in [1.82, 2.24) is 0 Å². The predicted molar refractivity (Wildman–Crippen MR) is 116 cm³/mol. The zero-order chi connectivity index (χ0) is 20.8. The van der Waals surface area contributed by atoms with Gasteiger partial charge >= 0.3 is 0 Å². The maximum atomic E-state index is 12.1. The number of primary amides is 1. The second-order valence-corrected chi connectivity index (χ2v) is 7.74. The van der Waals surface area contributed by atoms with Crippen LogP contribution >= 0.6 is 11.8 Å². The van der Waals surface area contributed by atoms with Crippen LogP contribution in [0.1, 0.15) is 21.5 Å². The van der Waals surface area contributed by atoms with Crippen LogP contribution in [-0.4, -0.2) is 18.4 Å². The van der Waals surface area contributed by atoms with Crippen molar-refractivity contribution in [2.24, 2.45) is 5.73 Å². The van der Waals surface area contributed by atoms with Crippen molar-refractivity contribution in [2.75, 3.05) is 11.9 Å². The number of amides is 2. The lowest BCUT2D eigenvalue weighted by atomic mass is 10.2. The Bertz CT molecular complexity index is 1030. The molecule has 0 fully saturated rings. The van der Waals surface area contributed by atoms with Crippen molar-refractivity contribution in [3.8, 4) is 5.75 Å². The van der Waals surface area contributed by atoms with Crippen molar-refractivity contribution in [3.05, 3.63) is 83.4 Å². The Morgan fingerprint density at radius 1 is 1.00 bits per heavy atom. The van der Waals surface area contributed by atoms with E-state index in [2.05, 4.69) is 37.4 Å². The fraction of sp³-hybridized carbons (Fsp3) is 0.130. The first-order valence-electron chi connectivity index (χ1n) is 9.08. The molecule has 0 aromatic heterocycles. The lowest BCUT2D eigenvalue weighted by Gasteiger charge is -2.10. The number of benzene rings is 3. The molecule has 0 atom stereocenters. The Balaban J connectivity index is 1.54. The van der Waals surface area contributed by atoms with Crippen LogP contribution in [-0.2, 0) is 4.79 Å². The molecule has 3 aromatic carbocycles. The van der Waals surface area contributed by atoms with Crippen molar-refractivity contribution in [1.29, 1.82) is 0 Å². The summed E-state index contributed by atoms with van der Waals surface area (Å²) < 4.78 is 5.43. The van der Waals surface area contributed by atoms with Gasteiger partial charge in [-0.1, -0.05) is 35.5 Å². The van der Waals surface area contributed by atoms with Crippen LogP contribution in [0.3, 0.4) is 0 Å². The molecule has 3 N–H and O–H groups in total. The van der Waals surface area contributed by atoms with E-state index in [1.54, 1.807) is 30.0 Å². The number of nitrogens with two attached hydrogens (primary N) is 1. The Labute approximate surface area is 174 Å². The molecule has 0 heterocycles. The number of nitrogens with one attached hydrogen (secondary N) is 1. The highest BCUT2D eigenvalue weighted by Gasteiger charge is 2.07. The first-order valence-corrected chi connectivity index (χ1v) is 9.90. The average molecular weight is 407 g/mol. The molecule has 0 aliphatic rings. The van der Waals surface area contributed by atoms with Gasteiger partial charge in [0, 0.05) is 21.0 Å². The summed E-state index contributed by atoms with van der Waals surface area (Å²) in [5.41, 5.74) is 8.75. The maximum Gasteiger partial charge on any atom is 0.262 e. The highest BCUT2D eigenvalue weighted by molar-refractivity contribution is 7.99. The number of hydrogen-bond donors (Lipinski definition) is 2. The Kier molecular flexibility index (Phi) is 6.57. The molecule has 148 valence electrons. The van der Waals surface area contributed by atoms with E-state index in [1.165, 1.54) is 22.1 Å². The van der Waals surface area contributed by atoms with E-state index in [-0.39, 0.29) is 12.5 Å². The molecule has 0 unspecified atom stereocenters. The molecule has 0 aliphatic carbocycles. The highest BCUT2D eigenvalue weighted by atomic mass is 32.2. The smallest absolute Gasteiger partial charge is 0.262 e. The van der Waals surface area contributed by atoms with Crippen LogP contribution in [0.25, 0.3) is 0 Å². The minimum absolute atomic E-state index is 0.165. The van der Waals surface area contributed by atoms with Gasteiger partial charge in [-0.25, -0.2) is 0 Å². The van der Waals surface area contributed by atoms with Crippen LogP contribution in [0, 0.1) is 13.8 Å². The maximum absolute atomic E-state index is 12.1. The summed E-state index contributed by atoms with van der Waals surface area (Å²) in [6, 6.07) is 20.5. The Morgan fingerprint density at radius 3 is 2.45 bits per heavy atom. The molecule has 5 nitrogen and oxygen atoms in total. The first-order chi connectivity index (χ1) is 13.9. The molecule has 0 radical (unpaired) electrons. The second-order valence-electron chi connectivity index (χ2n) is 6.62. The van der Waals surface area contributed by atoms with Crippen LogP contribution in [0.2, 0.25) is 0 Å². The first kappa shape index (κ1) is 20.5. The van der Waals surface area contributed by atoms with Crippen LogP contribution < -0.4 is 15.8 Å². The third-order valence-corrected chi connectivity index (χ3v) is 5.37. The summed E-state index contributed by atoms with van der Waals surface area (Å²) in [6.45, 7) is 4.02. The van der Waals surface area contributed by atoms with E-state index in [9.17, 15) is 9.59 Å². The van der Waals surface area contributed by atoms with E-state index < -0.39 is 5.91 Å². The van der Waals surface area contributed by atoms with E-state index in [0.717, 1.165) is 4.90 Å². The SMILES string of the molecule is Cc1ccc(Sc2ccc(NC(=O)COc3cccc(C(N)=O)c3)cc2)c(C)c1. The molecule has 6 heteroatoms. The number of carbonyl (C=O) groups is 2. The molecule has 0 saturated carbocycles. The minimum Gasteiger partial charge on any atom is -0.484 e. The van der Waals surface area contributed by atoms with Crippen LogP contribution in [0.15, 0.2) is 76.5 Å². The standard InChI is InChI=1S/C23H22N2O3S/c1-15-6-11-21(16(2)12-15)29-20-9-7-18(8-10-20)25-22(26)14-28-19-5-3-4-17(13-19)23(24)27/h3-13H,14H2,1-2H3,(H2,24,27)(H,25,26). The summed E-state index contributed by atoms with van der Waals surface area (Å²) in [5.74, 6) is -0.417. The second kappa shape index (κ2) is 9.30. The quantitative estimate of drug-likeness (QED) is 0.602. The third-order valence-electron chi connectivity index (χ3n) is 4.18. The minimum atomic E-state index is -0.543. The highest BCUT2D eigenvalue weighted by Crippen LogP contribution is 2.31. The number of carbonyl (C=O) groups excluding carboxylic acids is 2. The van der Waals surface area contributed by atoms with Crippen LogP contribution in [0.5, 0.6) is 5.75 Å². The summed E-state index contributed by atoms with van der Waals surface area (Å²) in [6.07, 6.45) is 0. The number of aryl methyl sites for hydroxylation is 2. The van der Waals surface area contributed by atoms with Gasteiger partial charge in [-0.3, -0.25) is 9.59 Å². The van der Waals surface area contributed by atoms with Gasteiger partial charge in [0.25, 0.3) is 5.91 Å². The topological polar surface area (TPSA) is 81.4 Å². The third kappa shape index (κ3) is 5.86. The summed E-state index contributed by atoms with van der Waals surface area (Å²) in [5, 5.41) is 2.79. The Morgan fingerprint density at radius 2 is 1.76 bits per heavy atom. The number of anilines is 1. The van der Waals surface area contributed by atoms with Gasteiger partial charge in [0.15, 0.2) is 6.61 Å². The number of ether oxygens (including phenoxy) is 1. The summed E-state index contributed by atoms with van der Waals surface area (Å²) in [4.78, 5) is 25.6. The molecule has 0 spiro atoms. The molecule has 3 aromatic rings. The molecule has 29 heavy (non-hydrogen) atoms. The molecule has 0 aliphatic heterocycles. The van der Waals surface area contributed by atoms with E-state index in [4.69, 9.17) is 10.5 Å². The van der Waals surface area contributed by atoms with Gasteiger partial charge in [0.05, 0.1) is 0 Å². The zero-order valence-corrected chi connectivity index (χ0v) is 17.1. The van der Waals surface area contributed by atoms with Crippen molar-refractivity contribution in [2.45, 2.75) is 23.6 Å². The number of hydrogen-bond acceptors (Lipinski definition) is 4. The zero-order valence-electron chi connectivity index (χ0n) is 16.3. The molecular weight excluding hydrogens is 384 g/mol. The van der Waals surface area contributed by atoms with E-state index >= 15 is 0 Å². The average Bonchev–Trinajstić information content (AvgIpc) is 2.70. The Hall–Kier alpha value is -3.25. The van der Waals surface area contributed by atoms with Gasteiger partial charge < -0.3 is 15.8 Å². The van der Waals surface area contributed by atoms with Gasteiger partial charge in [-0.15, -0.1) is 0 Å². The fourth-order valence-electron chi connectivity index (χ4n) is 2.73. The molecule has 2 amide bonds. The molecule has 0 bridgehead atoms. The predicted octanol–water partition coefficient (Wildman–Crippen LogP) is 4.57. The lowest BCUT2D eigenvalue weighted by molar-refractivity contribution is -0.118. The van der Waals surface area contributed by atoms with Gasteiger partial charge in [-0.2, -0.15) is 0 Å². The van der Waals surface area contributed by atoms with Gasteiger partial charge in [0.2, 0.25) is 5.91 Å². The normalized spacial score (nSPS) is 10.4. The largest absolute Gasteiger partial charge is 0.484 e. The van der Waals surface area contributed by atoms with Gasteiger partial charge in [0.1, 0.15) is 5.75 Å². The van der Waals surface area contributed by atoms with Crippen molar-refractivity contribution < 1.29 is 14.3 Å². The molecule has 3 rings (SSSR count). The number of rotatable bonds is 7. The molecule has 0 saturated heterocycles.